The SMILES string of the molecule is CCC1CCCC(CN)(CC(F)(F)C(F)F)C1. The molecule has 0 bridgehead atoms. The summed E-state index contributed by atoms with van der Waals surface area (Å²) in [6, 6.07) is 0. The van der Waals surface area contributed by atoms with Gasteiger partial charge in [0.05, 0.1) is 0 Å². The second-order valence-electron chi connectivity index (χ2n) is 5.31. The lowest BCUT2D eigenvalue weighted by Crippen LogP contribution is -2.43. The van der Waals surface area contributed by atoms with Crippen molar-refractivity contribution in [1.82, 2.24) is 0 Å². The molecular weight excluding hydrogens is 234 g/mol. The van der Waals surface area contributed by atoms with Crippen molar-refractivity contribution < 1.29 is 17.6 Å². The van der Waals surface area contributed by atoms with Crippen molar-refractivity contribution in [3.05, 3.63) is 0 Å². The molecule has 1 rings (SSSR count). The molecule has 0 radical (unpaired) electrons. The molecule has 0 aromatic rings. The van der Waals surface area contributed by atoms with Gasteiger partial charge in [-0.15, -0.1) is 0 Å². The predicted molar refractivity (Wildman–Crippen MR) is 59.3 cm³/mol. The summed E-state index contributed by atoms with van der Waals surface area (Å²) in [7, 11) is 0. The minimum atomic E-state index is -3.91. The van der Waals surface area contributed by atoms with Crippen molar-refractivity contribution in [2.24, 2.45) is 17.1 Å². The molecule has 1 fully saturated rings. The summed E-state index contributed by atoms with van der Waals surface area (Å²) in [6.07, 6.45) is -0.543. The minimum absolute atomic E-state index is 0.0752. The van der Waals surface area contributed by atoms with Crippen molar-refractivity contribution in [1.29, 1.82) is 0 Å². The van der Waals surface area contributed by atoms with Gasteiger partial charge in [-0.1, -0.05) is 26.2 Å². The van der Waals surface area contributed by atoms with Gasteiger partial charge in [0.1, 0.15) is 0 Å². The summed E-state index contributed by atoms with van der Waals surface area (Å²) >= 11 is 0. The molecule has 2 N–H and O–H groups in total. The molecule has 2 unspecified atom stereocenters. The van der Waals surface area contributed by atoms with Gasteiger partial charge >= 0.3 is 12.3 Å². The Bertz CT molecular complexity index is 245. The van der Waals surface area contributed by atoms with Gasteiger partial charge < -0.3 is 5.73 Å². The molecule has 0 aromatic heterocycles. The highest BCUT2D eigenvalue weighted by molar-refractivity contribution is 4.91. The molecule has 0 amide bonds. The molecule has 1 nitrogen and oxygen atoms in total. The van der Waals surface area contributed by atoms with Crippen LogP contribution in [0.15, 0.2) is 0 Å². The van der Waals surface area contributed by atoms with Gasteiger partial charge in [-0.05, 0) is 30.7 Å². The third kappa shape index (κ3) is 3.57. The third-order valence-corrected chi connectivity index (χ3v) is 3.98. The van der Waals surface area contributed by atoms with Gasteiger partial charge in [-0.3, -0.25) is 0 Å². The van der Waals surface area contributed by atoms with Crippen LogP contribution in [0, 0.1) is 11.3 Å². The van der Waals surface area contributed by atoms with Gasteiger partial charge in [0.15, 0.2) is 0 Å². The van der Waals surface area contributed by atoms with Gasteiger partial charge in [-0.25, -0.2) is 17.6 Å². The number of rotatable bonds is 5. The van der Waals surface area contributed by atoms with Gasteiger partial charge in [-0.2, -0.15) is 0 Å². The van der Waals surface area contributed by atoms with Gasteiger partial charge in [0, 0.05) is 6.42 Å². The van der Waals surface area contributed by atoms with Crippen molar-refractivity contribution in [3.8, 4) is 0 Å². The zero-order valence-corrected chi connectivity index (χ0v) is 10.2. The Kier molecular flexibility index (Phi) is 4.81. The van der Waals surface area contributed by atoms with Crippen LogP contribution < -0.4 is 5.73 Å². The fourth-order valence-electron chi connectivity index (χ4n) is 2.93. The summed E-state index contributed by atoms with van der Waals surface area (Å²) < 4.78 is 50.9. The number of halogens is 4. The van der Waals surface area contributed by atoms with Crippen LogP contribution in [0.3, 0.4) is 0 Å². The van der Waals surface area contributed by atoms with Crippen LogP contribution in [-0.2, 0) is 0 Å². The van der Waals surface area contributed by atoms with Crippen LogP contribution in [0.25, 0.3) is 0 Å². The first-order chi connectivity index (χ1) is 7.85. The lowest BCUT2D eigenvalue weighted by Gasteiger charge is -2.41. The highest BCUT2D eigenvalue weighted by Gasteiger charge is 2.49. The molecule has 0 spiro atoms. The summed E-state index contributed by atoms with van der Waals surface area (Å²) in [5.41, 5.74) is 4.79. The quantitative estimate of drug-likeness (QED) is 0.742. The van der Waals surface area contributed by atoms with Crippen LogP contribution in [0.2, 0.25) is 0 Å². The Morgan fingerprint density at radius 2 is 2.06 bits per heavy atom. The highest BCUT2D eigenvalue weighted by atomic mass is 19.3. The molecule has 0 heterocycles. The third-order valence-electron chi connectivity index (χ3n) is 3.98. The average Bonchev–Trinajstić information content (AvgIpc) is 2.28. The van der Waals surface area contributed by atoms with Crippen LogP contribution in [-0.4, -0.2) is 18.9 Å². The first kappa shape index (κ1) is 14.7. The number of hydrogen-bond donors (Lipinski definition) is 1. The number of alkyl halides is 4. The van der Waals surface area contributed by atoms with Crippen molar-refractivity contribution >= 4 is 0 Å². The predicted octanol–water partition coefficient (Wildman–Crippen LogP) is 3.82. The van der Waals surface area contributed by atoms with Crippen LogP contribution in [0.4, 0.5) is 17.6 Å². The Morgan fingerprint density at radius 3 is 2.53 bits per heavy atom. The maximum atomic E-state index is 13.2. The molecule has 0 saturated heterocycles. The van der Waals surface area contributed by atoms with E-state index in [9.17, 15) is 17.6 Å². The Morgan fingerprint density at radius 1 is 1.41 bits per heavy atom. The zero-order valence-electron chi connectivity index (χ0n) is 10.2. The van der Waals surface area contributed by atoms with E-state index in [2.05, 4.69) is 0 Å². The fourth-order valence-corrected chi connectivity index (χ4v) is 2.93. The van der Waals surface area contributed by atoms with Crippen LogP contribution in [0.5, 0.6) is 0 Å². The van der Waals surface area contributed by atoms with Crippen molar-refractivity contribution in [3.63, 3.8) is 0 Å². The zero-order chi connectivity index (χ0) is 13.1. The standard InChI is InChI=1S/C12H21F4N/c1-2-9-4-3-5-11(6-9,8-17)7-12(15,16)10(13)14/h9-10H,2-8,17H2,1H3. The average molecular weight is 255 g/mol. The van der Waals surface area contributed by atoms with E-state index in [1.807, 2.05) is 6.92 Å². The topological polar surface area (TPSA) is 26.0 Å². The summed E-state index contributed by atoms with van der Waals surface area (Å²) in [5.74, 6) is -3.56. The van der Waals surface area contributed by atoms with E-state index in [1.54, 1.807) is 0 Å². The molecule has 0 aromatic carbocycles. The molecule has 2 atom stereocenters. The smallest absolute Gasteiger partial charge is 0.308 e. The molecule has 1 saturated carbocycles. The Labute approximate surface area is 99.7 Å². The second-order valence-corrected chi connectivity index (χ2v) is 5.31. The monoisotopic (exact) mass is 255 g/mol. The van der Waals surface area contributed by atoms with E-state index >= 15 is 0 Å². The molecule has 1 aliphatic carbocycles. The highest BCUT2D eigenvalue weighted by Crippen LogP contribution is 2.47. The van der Waals surface area contributed by atoms with E-state index < -0.39 is 24.2 Å². The van der Waals surface area contributed by atoms with E-state index in [0.29, 0.717) is 18.8 Å². The maximum absolute atomic E-state index is 13.2. The van der Waals surface area contributed by atoms with E-state index in [-0.39, 0.29) is 6.54 Å². The Hall–Kier alpha value is -0.320. The van der Waals surface area contributed by atoms with Crippen LogP contribution in [0.1, 0.15) is 45.4 Å². The van der Waals surface area contributed by atoms with Crippen molar-refractivity contribution in [2.75, 3.05) is 6.54 Å². The molecule has 1 aliphatic rings. The lowest BCUT2D eigenvalue weighted by molar-refractivity contribution is -0.157. The van der Waals surface area contributed by atoms with Crippen LogP contribution >= 0.6 is 0 Å². The number of hydrogen-bond acceptors (Lipinski definition) is 1. The van der Waals surface area contributed by atoms with Crippen molar-refractivity contribution in [2.45, 2.75) is 57.8 Å². The summed E-state index contributed by atoms with van der Waals surface area (Å²) in [6.45, 7) is 2.08. The number of nitrogens with two attached hydrogens (primary N) is 1. The first-order valence-electron chi connectivity index (χ1n) is 6.21. The second kappa shape index (κ2) is 5.55. The lowest BCUT2D eigenvalue weighted by atomic mass is 9.66. The first-order valence-corrected chi connectivity index (χ1v) is 6.21. The van der Waals surface area contributed by atoms with Gasteiger partial charge in [0.2, 0.25) is 0 Å². The molecule has 102 valence electrons. The van der Waals surface area contributed by atoms with E-state index in [0.717, 1.165) is 19.3 Å². The molecule has 0 aliphatic heterocycles. The van der Waals surface area contributed by atoms with Gasteiger partial charge in [0.25, 0.3) is 0 Å². The maximum Gasteiger partial charge on any atom is 0.308 e. The van der Waals surface area contributed by atoms with E-state index in [1.165, 1.54) is 0 Å². The molecular formula is C12H21F4N. The molecule has 5 heteroatoms. The molecule has 17 heavy (non-hydrogen) atoms. The fraction of sp³-hybridized carbons (Fsp3) is 1.00. The van der Waals surface area contributed by atoms with E-state index in [4.69, 9.17) is 5.73 Å². The minimum Gasteiger partial charge on any atom is -0.330 e. The Balaban J connectivity index is 2.74. The largest absolute Gasteiger partial charge is 0.330 e. The summed E-state index contributed by atoms with van der Waals surface area (Å²) in [4.78, 5) is 0. The summed E-state index contributed by atoms with van der Waals surface area (Å²) in [5, 5.41) is 0. The normalized spacial score (nSPS) is 30.9.